The Kier molecular flexibility index (Phi) is 12.2. The molecule has 0 amide bonds. The second kappa shape index (κ2) is 14.1. The summed E-state index contributed by atoms with van der Waals surface area (Å²) in [5, 5.41) is 0. The summed E-state index contributed by atoms with van der Waals surface area (Å²) in [5.74, 6) is -0.118. The summed E-state index contributed by atoms with van der Waals surface area (Å²) in [5.41, 5.74) is 3.23. The predicted octanol–water partition coefficient (Wildman–Crippen LogP) is 4.83. The first-order chi connectivity index (χ1) is 11.8. The predicted molar refractivity (Wildman–Crippen MR) is 103 cm³/mol. The number of unbranched alkanes of at least 4 members (excludes halogenated alkanes) is 6. The number of carbonyl (C=O) groups is 1. The van der Waals surface area contributed by atoms with Crippen LogP contribution in [0.3, 0.4) is 0 Å². The number of ether oxygens (including phenoxy) is 1. The van der Waals surface area contributed by atoms with Gasteiger partial charge in [-0.15, -0.1) is 0 Å². The molecule has 0 aliphatic rings. The van der Waals surface area contributed by atoms with Gasteiger partial charge in [-0.05, 0) is 0 Å². The van der Waals surface area contributed by atoms with Crippen molar-refractivity contribution in [3.63, 3.8) is 0 Å². The Morgan fingerprint density at radius 3 is 2.54 bits per heavy atom. The SMILES string of the molecule is CCCCCCCCC=C=CCC([Se]c1ccccc1)C(=O)OC. The molecule has 0 N–H and O–H groups in total. The monoisotopic (exact) mass is 394 g/mol. The zero-order chi connectivity index (χ0) is 17.5. The standard InChI is InChI=1S/C21H30O2Se/c1-3-4-5-6-7-8-9-10-11-15-18-20(21(22)23-2)24-19-16-13-12-14-17-19/h10,12-17,20H,3-9,18H2,1-2H3. The van der Waals surface area contributed by atoms with Crippen molar-refractivity contribution in [2.75, 3.05) is 7.11 Å². The molecule has 1 unspecified atom stereocenters. The van der Waals surface area contributed by atoms with Crippen LogP contribution in [0.5, 0.6) is 0 Å². The Balaban J connectivity index is 2.33. The maximum absolute atomic E-state index is 11.9. The van der Waals surface area contributed by atoms with Gasteiger partial charge >= 0.3 is 146 Å². The van der Waals surface area contributed by atoms with Crippen LogP contribution in [-0.4, -0.2) is 28.0 Å². The van der Waals surface area contributed by atoms with Crippen LogP contribution < -0.4 is 4.46 Å². The van der Waals surface area contributed by atoms with E-state index in [0.717, 1.165) is 6.42 Å². The Hall–Kier alpha value is -1.27. The van der Waals surface area contributed by atoms with Crippen LogP contribution in [0.1, 0.15) is 58.3 Å². The summed E-state index contributed by atoms with van der Waals surface area (Å²) in [4.78, 5) is 11.9. The van der Waals surface area contributed by atoms with Crippen molar-refractivity contribution in [3.05, 3.63) is 48.2 Å². The van der Waals surface area contributed by atoms with Crippen molar-refractivity contribution >= 4 is 25.4 Å². The van der Waals surface area contributed by atoms with Gasteiger partial charge in [0.1, 0.15) is 0 Å². The molecule has 0 aliphatic heterocycles. The van der Waals surface area contributed by atoms with E-state index in [2.05, 4.69) is 30.9 Å². The first-order valence-corrected chi connectivity index (χ1v) is 10.8. The number of allylic oxidation sites excluding steroid dienone is 1. The molecule has 0 fully saturated rings. The van der Waals surface area contributed by atoms with Crippen LogP contribution in [0.15, 0.2) is 48.2 Å². The number of benzene rings is 1. The third kappa shape index (κ3) is 9.78. The molecule has 24 heavy (non-hydrogen) atoms. The van der Waals surface area contributed by atoms with Gasteiger partial charge in [-0.2, -0.15) is 0 Å². The van der Waals surface area contributed by atoms with E-state index in [-0.39, 0.29) is 25.7 Å². The molecule has 0 saturated carbocycles. The topological polar surface area (TPSA) is 26.3 Å². The van der Waals surface area contributed by atoms with Gasteiger partial charge in [0.25, 0.3) is 0 Å². The fraction of sp³-hybridized carbons (Fsp3) is 0.524. The summed E-state index contributed by atoms with van der Waals surface area (Å²) in [6.07, 6.45) is 13.8. The average Bonchev–Trinajstić information content (AvgIpc) is 2.62. The fourth-order valence-electron chi connectivity index (χ4n) is 2.36. The molecule has 1 aromatic carbocycles. The maximum atomic E-state index is 11.9. The number of esters is 1. The molecule has 1 rings (SSSR count). The van der Waals surface area contributed by atoms with E-state index < -0.39 is 0 Å². The van der Waals surface area contributed by atoms with Gasteiger partial charge in [0, 0.05) is 0 Å². The van der Waals surface area contributed by atoms with Crippen LogP contribution in [0.2, 0.25) is 4.82 Å². The summed E-state index contributed by atoms with van der Waals surface area (Å²) < 4.78 is 6.17. The second-order valence-corrected chi connectivity index (χ2v) is 8.49. The van der Waals surface area contributed by atoms with E-state index in [4.69, 9.17) is 4.74 Å². The average molecular weight is 393 g/mol. The number of hydrogen-bond donors (Lipinski definition) is 0. The Morgan fingerprint density at radius 1 is 1.12 bits per heavy atom. The Morgan fingerprint density at radius 2 is 1.83 bits per heavy atom. The number of methoxy groups -OCH3 is 1. The third-order valence-corrected chi connectivity index (χ3v) is 6.30. The zero-order valence-corrected chi connectivity index (χ0v) is 16.7. The summed E-state index contributed by atoms with van der Waals surface area (Å²) in [7, 11) is 1.47. The number of hydrogen-bond acceptors (Lipinski definition) is 2. The molecule has 0 saturated heterocycles. The van der Waals surface area contributed by atoms with Gasteiger partial charge in [-0.3, -0.25) is 0 Å². The molecule has 1 aromatic rings. The normalized spacial score (nSPS) is 11.4. The van der Waals surface area contributed by atoms with Gasteiger partial charge < -0.3 is 0 Å². The van der Waals surface area contributed by atoms with Crippen molar-refractivity contribution < 1.29 is 9.53 Å². The molecular weight excluding hydrogens is 363 g/mol. The minimum absolute atomic E-state index is 0.0696. The van der Waals surface area contributed by atoms with Crippen molar-refractivity contribution in [1.29, 1.82) is 0 Å². The van der Waals surface area contributed by atoms with Crippen LogP contribution >= 0.6 is 0 Å². The molecular formula is C21H30O2Se. The molecule has 2 nitrogen and oxygen atoms in total. The second-order valence-electron chi connectivity index (χ2n) is 5.81. The molecule has 0 radical (unpaired) electrons. The van der Waals surface area contributed by atoms with Gasteiger partial charge in [-0.25, -0.2) is 0 Å². The molecule has 0 heterocycles. The molecule has 0 aromatic heterocycles. The van der Waals surface area contributed by atoms with Gasteiger partial charge in [0.2, 0.25) is 0 Å². The van der Waals surface area contributed by atoms with Crippen LogP contribution in [0.25, 0.3) is 0 Å². The van der Waals surface area contributed by atoms with E-state index in [1.807, 2.05) is 24.3 Å². The van der Waals surface area contributed by atoms with Gasteiger partial charge in [0.15, 0.2) is 0 Å². The molecule has 132 valence electrons. The Labute approximate surface area is 153 Å². The van der Waals surface area contributed by atoms with Crippen LogP contribution in [0, 0.1) is 0 Å². The van der Waals surface area contributed by atoms with Gasteiger partial charge in [-0.1, -0.05) is 6.92 Å². The Bertz CT molecular complexity index is 504. The number of carbonyl (C=O) groups excluding carboxylic acids is 1. The minimum atomic E-state index is -0.118. The summed E-state index contributed by atoms with van der Waals surface area (Å²) in [6.45, 7) is 2.24. The third-order valence-electron chi connectivity index (χ3n) is 3.76. The molecule has 3 heteroatoms. The van der Waals surface area contributed by atoms with E-state index in [1.165, 1.54) is 50.1 Å². The molecule has 0 aliphatic carbocycles. The first-order valence-electron chi connectivity index (χ1n) is 8.96. The molecule has 0 bridgehead atoms. The van der Waals surface area contributed by atoms with Crippen molar-refractivity contribution in [1.82, 2.24) is 0 Å². The van der Waals surface area contributed by atoms with E-state index in [1.54, 1.807) is 0 Å². The van der Waals surface area contributed by atoms with Crippen LogP contribution in [-0.2, 0) is 9.53 Å². The molecule has 0 spiro atoms. The quantitative estimate of drug-likeness (QED) is 0.220. The van der Waals surface area contributed by atoms with Crippen molar-refractivity contribution in [2.45, 2.75) is 63.1 Å². The van der Waals surface area contributed by atoms with Crippen molar-refractivity contribution in [3.8, 4) is 0 Å². The van der Waals surface area contributed by atoms with Crippen LogP contribution in [0.4, 0.5) is 0 Å². The fourth-order valence-corrected chi connectivity index (χ4v) is 4.51. The van der Waals surface area contributed by atoms with Gasteiger partial charge in [0.05, 0.1) is 0 Å². The summed E-state index contributed by atoms with van der Waals surface area (Å²) in [6, 6.07) is 10.2. The van der Waals surface area contributed by atoms with E-state index >= 15 is 0 Å². The number of rotatable bonds is 12. The summed E-state index contributed by atoms with van der Waals surface area (Å²) >= 11 is 0.0891. The van der Waals surface area contributed by atoms with E-state index in [9.17, 15) is 4.79 Å². The molecule has 1 atom stereocenters. The van der Waals surface area contributed by atoms with E-state index in [0.29, 0.717) is 6.42 Å². The zero-order valence-electron chi connectivity index (χ0n) is 15.0. The first kappa shape index (κ1) is 20.8. The van der Waals surface area contributed by atoms with Crippen molar-refractivity contribution in [2.24, 2.45) is 0 Å².